The molecule has 16 heavy (non-hydrogen) atoms. The first-order valence-electron chi connectivity index (χ1n) is 6.23. The molecule has 2 atom stereocenters. The van der Waals surface area contributed by atoms with Crippen LogP contribution in [0.1, 0.15) is 37.7 Å². The standard InChI is InChI=1S/C13H21NOS/c14-12(4-3-11-7-9-16-10-11)5-6-13-2-1-8-15-13/h7,9-10,12-13H,1-6,8,14H2. The average Bonchev–Trinajstić information content (AvgIpc) is 2.96. The Balaban J connectivity index is 1.58. The molecule has 3 heteroatoms. The number of thiophene rings is 1. The maximum atomic E-state index is 6.12. The average molecular weight is 239 g/mol. The van der Waals surface area contributed by atoms with E-state index in [2.05, 4.69) is 16.8 Å². The van der Waals surface area contributed by atoms with Gasteiger partial charge in [0.15, 0.2) is 0 Å². The smallest absolute Gasteiger partial charge is 0.0576 e. The van der Waals surface area contributed by atoms with E-state index in [1.165, 1.54) is 18.4 Å². The monoisotopic (exact) mass is 239 g/mol. The van der Waals surface area contributed by atoms with Crippen molar-refractivity contribution in [3.05, 3.63) is 22.4 Å². The molecule has 1 aromatic heterocycles. The van der Waals surface area contributed by atoms with Crippen molar-refractivity contribution in [2.24, 2.45) is 5.73 Å². The van der Waals surface area contributed by atoms with Gasteiger partial charge >= 0.3 is 0 Å². The van der Waals surface area contributed by atoms with Crippen molar-refractivity contribution in [2.45, 2.75) is 50.7 Å². The summed E-state index contributed by atoms with van der Waals surface area (Å²) in [4.78, 5) is 0. The number of aryl methyl sites for hydroxylation is 1. The third-order valence-electron chi connectivity index (χ3n) is 3.27. The molecular formula is C13H21NOS. The van der Waals surface area contributed by atoms with Gasteiger partial charge in [-0.05, 0) is 60.9 Å². The highest BCUT2D eigenvalue weighted by molar-refractivity contribution is 7.07. The molecule has 0 bridgehead atoms. The molecule has 2 unspecified atom stereocenters. The van der Waals surface area contributed by atoms with Crippen molar-refractivity contribution in [1.29, 1.82) is 0 Å². The lowest BCUT2D eigenvalue weighted by Crippen LogP contribution is -2.22. The van der Waals surface area contributed by atoms with Gasteiger partial charge in [0.1, 0.15) is 0 Å². The molecule has 0 amide bonds. The first kappa shape index (κ1) is 12.1. The minimum atomic E-state index is 0.337. The van der Waals surface area contributed by atoms with Gasteiger partial charge in [-0.3, -0.25) is 0 Å². The van der Waals surface area contributed by atoms with E-state index in [0.29, 0.717) is 12.1 Å². The first-order valence-corrected chi connectivity index (χ1v) is 7.17. The van der Waals surface area contributed by atoms with Crippen molar-refractivity contribution >= 4 is 11.3 Å². The van der Waals surface area contributed by atoms with Crippen LogP contribution in [0.15, 0.2) is 16.8 Å². The molecule has 1 aliphatic rings. The maximum Gasteiger partial charge on any atom is 0.0576 e. The minimum absolute atomic E-state index is 0.337. The van der Waals surface area contributed by atoms with E-state index in [1.807, 2.05) is 0 Å². The second kappa shape index (κ2) is 6.38. The zero-order chi connectivity index (χ0) is 11.2. The molecule has 0 spiro atoms. The highest BCUT2D eigenvalue weighted by atomic mass is 32.1. The second-order valence-electron chi connectivity index (χ2n) is 4.64. The van der Waals surface area contributed by atoms with Crippen LogP contribution in [0, 0.1) is 0 Å². The lowest BCUT2D eigenvalue weighted by atomic mass is 10.0. The van der Waals surface area contributed by atoms with Crippen molar-refractivity contribution < 1.29 is 4.74 Å². The Bertz CT molecular complexity index is 280. The zero-order valence-electron chi connectivity index (χ0n) is 9.73. The summed E-state index contributed by atoms with van der Waals surface area (Å²) in [6, 6.07) is 2.53. The molecule has 1 saturated heterocycles. The molecule has 2 rings (SSSR count). The Morgan fingerprint density at radius 2 is 2.44 bits per heavy atom. The van der Waals surface area contributed by atoms with Crippen LogP contribution in [-0.2, 0) is 11.2 Å². The third-order valence-corrected chi connectivity index (χ3v) is 4.00. The van der Waals surface area contributed by atoms with E-state index in [0.717, 1.165) is 32.3 Å². The topological polar surface area (TPSA) is 35.2 Å². The first-order chi connectivity index (χ1) is 7.84. The Kier molecular flexibility index (Phi) is 4.82. The van der Waals surface area contributed by atoms with Crippen LogP contribution in [0.4, 0.5) is 0 Å². The molecule has 0 saturated carbocycles. The molecule has 1 aliphatic heterocycles. The van der Waals surface area contributed by atoms with Crippen molar-refractivity contribution in [3.8, 4) is 0 Å². The molecule has 1 aromatic rings. The molecule has 2 N–H and O–H groups in total. The summed E-state index contributed by atoms with van der Waals surface area (Å²) >= 11 is 1.76. The Labute approximate surface area is 102 Å². The number of ether oxygens (including phenoxy) is 1. The van der Waals surface area contributed by atoms with E-state index < -0.39 is 0 Å². The predicted molar refractivity (Wildman–Crippen MR) is 68.8 cm³/mol. The number of nitrogens with two attached hydrogens (primary N) is 1. The fourth-order valence-corrected chi connectivity index (χ4v) is 2.91. The summed E-state index contributed by atoms with van der Waals surface area (Å²) in [5.41, 5.74) is 7.54. The molecule has 2 nitrogen and oxygen atoms in total. The number of hydrogen-bond acceptors (Lipinski definition) is 3. The van der Waals surface area contributed by atoms with E-state index in [4.69, 9.17) is 10.5 Å². The van der Waals surface area contributed by atoms with Gasteiger partial charge in [0.25, 0.3) is 0 Å². The minimum Gasteiger partial charge on any atom is -0.378 e. The molecule has 90 valence electrons. The predicted octanol–water partition coefficient (Wildman–Crippen LogP) is 2.97. The van der Waals surface area contributed by atoms with Crippen LogP contribution in [0.25, 0.3) is 0 Å². The lowest BCUT2D eigenvalue weighted by molar-refractivity contribution is 0.100. The second-order valence-corrected chi connectivity index (χ2v) is 5.42. The van der Waals surface area contributed by atoms with Gasteiger partial charge in [-0.2, -0.15) is 11.3 Å². The van der Waals surface area contributed by atoms with Gasteiger partial charge < -0.3 is 10.5 Å². The van der Waals surface area contributed by atoms with Gasteiger partial charge in [-0.1, -0.05) is 0 Å². The maximum absolute atomic E-state index is 6.12. The zero-order valence-corrected chi connectivity index (χ0v) is 10.5. The van der Waals surface area contributed by atoms with Crippen LogP contribution in [0.3, 0.4) is 0 Å². The van der Waals surface area contributed by atoms with Crippen LogP contribution in [0.2, 0.25) is 0 Å². The normalized spacial score (nSPS) is 22.4. The fraction of sp³-hybridized carbons (Fsp3) is 0.692. The summed E-state index contributed by atoms with van der Waals surface area (Å²) in [5, 5.41) is 4.35. The summed E-state index contributed by atoms with van der Waals surface area (Å²) in [6.07, 6.45) is 7.43. The Morgan fingerprint density at radius 3 is 3.12 bits per heavy atom. The fourth-order valence-electron chi connectivity index (χ4n) is 2.20. The van der Waals surface area contributed by atoms with Crippen molar-refractivity contribution in [2.75, 3.05) is 6.61 Å². The van der Waals surface area contributed by atoms with Crippen LogP contribution < -0.4 is 5.73 Å². The van der Waals surface area contributed by atoms with Crippen molar-refractivity contribution in [3.63, 3.8) is 0 Å². The van der Waals surface area contributed by atoms with Crippen LogP contribution in [-0.4, -0.2) is 18.8 Å². The highest BCUT2D eigenvalue weighted by Crippen LogP contribution is 2.18. The van der Waals surface area contributed by atoms with E-state index >= 15 is 0 Å². The van der Waals surface area contributed by atoms with E-state index in [1.54, 1.807) is 11.3 Å². The third kappa shape index (κ3) is 3.89. The number of hydrogen-bond donors (Lipinski definition) is 1. The lowest BCUT2D eigenvalue weighted by Gasteiger charge is -2.14. The number of rotatable bonds is 6. The van der Waals surface area contributed by atoms with Crippen molar-refractivity contribution in [1.82, 2.24) is 0 Å². The Morgan fingerprint density at radius 1 is 1.50 bits per heavy atom. The van der Waals surface area contributed by atoms with Gasteiger partial charge in [-0.25, -0.2) is 0 Å². The summed E-state index contributed by atoms with van der Waals surface area (Å²) in [5.74, 6) is 0. The van der Waals surface area contributed by atoms with E-state index in [9.17, 15) is 0 Å². The Hall–Kier alpha value is -0.380. The van der Waals surface area contributed by atoms with Gasteiger partial charge in [0.05, 0.1) is 6.10 Å². The molecule has 1 fully saturated rings. The molecule has 0 aromatic carbocycles. The summed E-state index contributed by atoms with van der Waals surface area (Å²) in [6.45, 7) is 0.953. The van der Waals surface area contributed by atoms with Gasteiger partial charge in [-0.15, -0.1) is 0 Å². The SMILES string of the molecule is NC(CCc1ccsc1)CCC1CCCO1. The van der Waals surface area contributed by atoms with Crippen LogP contribution >= 0.6 is 11.3 Å². The van der Waals surface area contributed by atoms with Gasteiger partial charge in [0.2, 0.25) is 0 Å². The summed E-state index contributed by atoms with van der Waals surface area (Å²) < 4.78 is 5.60. The summed E-state index contributed by atoms with van der Waals surface area (Å²) in [7, 11) is 0. The van der Waals surface area contributed by atoms with Gasteiger partial charge in [0, 0.05) is 12.6 Å². The van der Waals surface area contributed by atoms with E-state index in [-0.39, 0.29) is 0 Å². The molecular weight excluding hydrogens is 218 g/mol. The van der Waals surface area contributed by atoms with Crippen LogP contribution in [0.5, 0.6) is 0 Å². The highest BCUT2D eigenvalue weighted by Gasteiger charge is 2.16. The molecule has 2 heterocycles. The molecule has 0 radical (unpaired) electrons. The largest absolute Gasteiger partial charge is 0.378 e. The quantitative estimate of drug-likeness (QED) is 0.828. The molecule has 0 aliphatic carbocycles.